The summed E-state index contributed by atoms with van der Waals surface area (Å²) in [6.07, 6.45) is 1.78. The van der Waals surface area contributed by atoms with Crippen molar-refractivity contribution in [2.24, 2.45) is 4.99 Å². The van der Waals surface area contributed by atoms with E-state index < -0.39 is 12.0 Å². The number of carbonyl (C=O) groups is 2. The van der Waals surface area contributed by atoms with Crippen molar-refractivity contribution in [1.29, 1.82) is 0 Å². The van der Waals surface area contributed by atoms with E-state index in [0.717, 1.165) is 16.7 Å². The zero-order valence-electron chi connectivity index (χ0n) is 27.6. The average molecular weight is 671 g/mol. The van der Waals surface area contributed by atoms with E-state index in [0.29, 0.717) is 63.2 Å². The van der Waals surface area contributed by atoms with E-state index in [1.165, 1.54) is 11.3 Å². The van der Waals surface area contributed by atoms with E-state index in [-0.39, 0.29) is 24.7 Å². The summed E-state index contributed by atoms with van der Waals surface area (Å²) in [6.45, 7) is 10.8. The van der Waals surface area contributed by atoms with Crippen LogP contribution in [0.3, 0.4) is 0 Å². The van der Waals surface area contributed by atoms with Gasteiger partial charge in [0.05, 0.1) is 53.8 Å². The van der Waals surface area contributed by atoms with E-state index in [9.17, 15) is 14.4 Å². The number of nitrogens with zero attached hydrogens (tertiary/aromatic N) is 2. The highest BCUT2D eigenvalue weighted by molar-refractivity contribution is 7.07. The van der Waals surface area contributed by atoms with Gasteiger partial charge >= 0.3 is 11.9 Å². The Morgan fingerprint density at radius 2 is 1.50 bits per heavy atom. The second kappa shape index (κ2) is 15.6. The number of allylic oxidation sites excluding steroid dienone is 1. The molecule has 1 aliphatic heterocycles. The third kappa shape index (κ3) is 7.52. The van der Waals surface area contributed by atoms with Crippen LogP contribution in [0.5, 0.6) is 17.2 Å². The molecule has 48 heavy (non-hydrogen) atoms. The predicted molar refractivity (Wildman–Crippen MR) is 182 cm³/mol. The van der Waals surface area contributed by atoms with Gasteiger partial charge in [-0.15, -0.1) is 0 Å². The molecule has 0 unspecified atom stereocenters. The Labute approximate surface area is 282 Å². The molecule has 0 spiro atoms. The minimum atomic E-state index is -0.723. The van der Waals surface area contributed by atoms with Crippen LogP contribution in [0.15, 0.2) is 87.8 Å². The minimum absolute atomic E-state index is 0.194. The number of benzene rings is 3. The molecular weight excluding hydrogens is 632 g/mol. The van der Waals surface area contributed by atoms with Gasteiger partial charge in [0.1, 0.15) is 12.4 Å². The summed E-state index contributed by atoms with van der Waals surface area (Å²) in [5.74, 6) is 0.869. The van der Waals surface area contributed by atoms with Crippen molar-refractivity contribution < 1.29 is 33.3 Å². The summed E-state index contributed by atoms with van der Waals surface area (Å²) in [5, 5.41) is 0. The molecule has 2 heterocycles. The average Bonchev–Trinajstić information content (AvgIpc) is 3.38. The van der Waals surface area contributed by atoms with Crippen molar-refractivity contribution in [2.45, 2.75) is 47.3 Å². The molecule has 250 valence electrons. The summed E-state index contributed by atoms with van der Waals surface area (Å²) in [4.78, 5) is 44.3. The first kappa shape index (κ1) is 34.2. The van der Waals surface area contributed by atoms with Crippen LogP contribution in [0.2, 0.25) is 0 Å². The molecule has 4 aromatic rings. The van der Waals surface area contributed by atoms with E-state index in [1.54, 1.807) is 49.6 Å². The van der Waals surface area contributed by atoms with Gasteiger partial charge in [0, 0.05) is 0 Å². The molecule has 0 saturated carbocycles. The van der Waals surface area contributed by atoms with Gasteiger partial charge < -0.3 is 23.7 Å². The summed E-state index contributed by atoms with van der Waals surface area (Å²) in [7, 11) is 0. The van der Waals surface area contributed by atoms with Crippen LogP contribution in [-0.2, 0) is 20.9 Å². The Bertz CT molecular complexity index is 1990. The van der Waals surface area contributed by atoms with Crippen LogP contribution in [0, 0.1) is 0 Å². The second-order valence-corrected chi connectivity index (χ2v) is 11.7. The zero-order chi connectivity index (χ0) is 34.2. The van der Waals surface area contributed by atoms with Gasteiger partial charge in [-0.1, -0.05) is 41.7 Å². The Balaban J connectivity index is 1.47. The number of aromatic nitrogens is 1. The maximum absolute atomic E-state index is 14.0. The topological polar surface area (TPSA) is 115 Å². The molecule has 0 fully saturated rings. The molecule has 0 N–H and O–H groups in total. The monoisotopic (exact) mass is 670 g/mol. The number of esters is 2. The molecule has 11 heteroatoms. The Morgan fingerprint density at radius 1 is 0.812 bits per heavy atom. The van der Waals surface area contributed by atoms with Crippen LogP contribution < -0.4 is 29.1 Å². The number of rotatable bonds is 13. The van der Waals surface area contributed by atoms with E-state index in [1.807, 2.05) is 62.4 Å². The molecule has 0 saturated heterocycles. The van der Waals surface area contributed by atoms with E-state index in [4.69, 9.17) is 23.7 Å². The van der Waals surface area contributed by atoms with Crippen molar-refractivity contribution in [3.05, 3.63) is 120 Å². The first-order chi connectivity index (χ1) is 23.3. The summed E-state index contributed by atoms with van der Waals surface area (Å²) in [5.41, 5.74) is 3.34. The molecule has 1 aromatic heterocycles. The fraction of sp³-hybridized carbons (Fsp3) is 0.297. The number of thiazole rings is 1. The highest BCUT2D eigenvalue weighted by atomic mass is 32.1. The number of ether oxygens (including phenoxy) is 5. The molecule has 10 nitrogen and oxygen atoms in total. The maximum Gasteiger partial charge on any atom is 0.338 e. The van der Waals surface area contributed by atoms with Gasteiger partial charge in [-0.3, -0.25) is 9.36 Å². The highest BCUT2D eigenvalue weighted by Gasteiger charge is 2.33. The van der Waals surface area contributed by atoms with Crippen molar-refractivity contribution >= 4 is 29.4 Å². The lowest BCUT2D eigenvalue weighted by atomic mass is 9.96. The van der Waals surface area contributed by atoms with E-state index in [2.05, 4.69) is 4.99 Å². The first-order valence-corrected chi connectivity index (χ1v) is 16.7. The third-order valence-electron chi connectivity index (χ3n) is 7.45. The van der Waals surface area contributed by atoms with Gasteiger partial charge in [-0.2, -0.15) is 0 Å². The normalized spacial score (nSPS) is 14.2. The van der Waals surface area contributed by atoms with Gasteiger partial charge in [-0.05, 0) is 93.8 Å². The van der Waals surface area contributed by atoms with Crippen LogP contribution in [0.4, 0.5) is 0 Å². The Hall–Kier alpha value is -5.16. The van der Waals surface area contributed by atoms with Crippen LogP contribution in [-0.4, -0.2) is 42.9 Å². The predicted octanol–water partition coefficient (Wildman–Crippen LogP) is 5.35. The quantitative estimate of drug-likeness (QED) is 0.175. The fourth-order valence-electron chi connectivity index (χ4n) is 5.29. The molecule has 1 aliphatic rings. The van der Waals surface area contributed by atoms with Crippen LogP contribution >= 0.6 is 11.3 Å². The fourth-order valence-corrected chi connectivity index (χ4v) is 6.33. The van der Waals surface area contributed by atoms with Crippen LogP contribution in [0.1, 0.15) is 67.7 Å². The molecule has 0 amide bonds. The van der Waals surface area contributed by atoms with Crippen LogP contribution in [0.25, 0.3) is 6.08 Å². The summed E-state index contributed by atoms with van der Waals surface area (Å²) >= 11 is 1.25. The molecule has 3 aromatic carbocycles. The molecular formula is C37H38N2O8S. The maximum atomic E-state index is 14.0. The van der Waals surface area contributed by atoms with Crippen molar-refractivity contribution in [3.8, 4) is 17.2 Å². The number of hydrogen-bond acceptors (Lipinski definition) is 10. The lowest BCUT2D eigenvalue weighted by molar-refractivity contribution is -0.139. The van der Waals surface area contributed by atoms with Crippen molar-refractivity contribution in [3.63, 3.8) is 0 Å². The molecule has 1 atom stereocenters. The van der Waals surface area contributed by atoms with Gasteiger partial charge in [0.15, 0.2) is 16.3 Å². The summed E-state index contributed by atoms with van der Waals surface area (Å²) < 4.78 is 30.0. The molecule has 0 radical (unpaired) electrons. The molecule has 0 bridgehead atoms. The first-order valence-electron chi connectivity index (χ1n) is 15.9. The second-order valence-electron chi connectivity index (χ2n) is 10.6. The van der Waals surface area contributed by atoms with Gasteiger partial charge in [-0.25, -0.2) is 14.6 Å². The van der Waals surface area contributed by atoms with Crippen molar-refractivity contribution in [2.75, 3.05) is 26.4 Å². The highest BCUT2D eigenvalue weighted by Crippen LogP contribution is 2.32. The number of fused-ring (bicyclic) bond motifs is 1. The lowest BCUT2D eigenvalue weighted by Crippen LogP contribution is -2.39. The Kier molecular flexibility index (Phi) is 11.1. The largest absolute Gasteiger partial charge is 0.494 e. The van der Waals surface area contributed by atoms with Gasteiger partial charge in [0.25, 0.3) is 5.56 Å². The minimum Gasteiger partial charge on any atom is -0.494 e. The molecule has 5 rings (SSSR count). The zero-order valence-corrected chi connectivity index (χ0v) is 28.4. The number of hydrogen-bond donors (Lipinski definition) is 0. The van der Waals surface area contributed by atoms with Gasteiger partial charge in [0.2, 0.25) is 0 Å². The van der Waals surface area contributed by atoms with E-state index >= 15 is 0 Å². The smallest absolute Gasteiger partial charge is 0.338 e. The molecule has 0 aliphatic carbocycles. The number of carbonyl (C=O) groups excluding carboxylic acids is 2. The Morgan fingerprint density at radius 3 is 2.17 bits per heavy atom. The summed E-state index contributed by atoms with van der Waals surface area (Å²) in [6, 6.07) is 19.1. The SMILES string of the molecule is CCOC(=O)C1=C(C)N=c2s/c(=C\c3ccc(OCc4ccc(C(=O)OCC)cc4)c(OCC)c3)c(=O)n2[C@H]1c1ccc(OCC)cc1. The third-order valence-corrected chi connectivity index (χ3v) is 8.43. The lowest BCUT2D eigenvalue weighted by Gasteiger charge is -2.24. The standard InChI is InChI=1S/C37H38N2O8S/c1-6-43-28-17-15-26(16-18-28)33-32(36(42)46-9-4)23(5)38-37-39(33)34(40)31(48-37)21-25-12-19-29(30(20-25)44-7-2)47-22-24-10-13-27(14-11-24)35(41)45-8-3/h10-21,33H,6-9,22H2,1-5H3/b31-21-/t33-/m0/s1. The van der Waals surface area contributed by atoms with Crippen molar-refractivity contribution in [1.82, 2.24) is 4.57 Å².